The zero-order valence-corrected chi connectivity index (χ0v) is 7.12. The Balaban J connectivity index is 2.41. The molecule has 0 spiro atoms. The lowest BCUT2D eigenvalue weighted by Gasteiger charge is -2.30. The third kappa shape index (κ3) is 2.23. The largest absolute Gasteiger partial charge is 0.342 e. The maximum Gasteiger partial charge on any atom is 0.236 e. The molecule has 3 heteroatoms. The van der Waals surface area contributed by atoms with Gasteiger partial charge in [0.25, 0.3) is 0 Å². The van der Waals surface area contributed by atoms with Gasteiger partial charge < -0.3 is 4.90 Å². The molecule has 0 bridgehead atoms. The zero-order chi connectivity index (χ0) is 8.97. The Morgan fingerprint density at radius 1 is 1.75 bits per heavy atom. The van der Waals surface area contributed by atoms with Crippen molar-refractivity contribution < 1.29 is 4.79 Å². The number of amides is 1. The number of rotatable bonds is 1. The van der Waals surface area contributed by atoms with Crippen molar-refractivity contribution in [2.24, 2.45) is 5.92 Å². The Kier molecular flexibility index (Phi) is 3.09. The lowest BCUT2D eigenvalue weighted by Crippen LogP contribution is -2.38. The molecule has 0 N–H and O–H groups in total. The summed E-state index contributed by atoms with van der Waals surface area (Å²) in [4.78, 5) is 13.0. The molecule has 1 atom stereocenters. The van der Waals surface area contributed by atoms with E-state index in [4.69, 9.17) is 5.26 Å². The Morgan fingerprint density at radius 2 is 2.50 bits per heavy atom. The average Bonchev–Trinajstić information content (AvgIpc) is 2.05. The van der Waals surface area contributed by atoms with Crippen LogP contribution in [0.5, 0.6) is 0 Å². The number of nitrogens with zero attached hydrogens (tertiary/aromatic N) is 2. The summed E-state index contributed by atoms with van der Waals surface area (Å²) in [6.45, 7) is 5.43. The second-order valence-corrected chi connectivity index (χ2v) is 3.18. The molecule has 1 fully saturated rings. The van der Waals surface area contributed by atoms with Gasteiger partial charge in [-0.2, -0.15) is 5.26 Å². The minimum Gasteiger partial charge on any atom is -0.342 e. The first-order chi connectivity index (χ1) is 5.74. The van der Waals surface area contributed by atoms with Gasteiger partial charge in [0.2, 0.25) is 5.91 Å². The highest BCUT2D eigenvalue weighted by atomic mass is 16.2. The van der Waals surface area contributed by atoms with Crippen LogP contribution in [0.25, 0.3) is 0 Å². The molecule has 1 amide bonds. The first-order valence-corrected chi connectivity index (χ1v) is 4.22. The van der Waals surface area contributed by atoms with Gasteiger partial charge in [0.1, 0.15) is 6.42 Å². The van der Waals surface area contributed by atoms with Crippen LogP contribution in [0.4, 0.5) is 0 Å². The van der Waals surface area contributed by atoms with Crippen molar-refractivity contribution in [2.45, 2.75) is 19.3 Å². The van der Waals surface area contributed by atoms with Crippen LogP contribution in [0, 0.1) is 24.2 Å². The zero-order valence-electron chi connectivity index (χ0n) is 7.12. The fourth-order valence-corrected chi connectivity index (χ4v) is 1.47. The molecule has 0 aromatic heterocycles. The van der Waals surface area contributed by atoms with Crippen LogP contribution in [0.15, 0.2) is 0 Å². The van der Waals surface area contributed by atoms with Crippen LogP contribution in [-0.4, -0.2) is 23.9 Å². The summed E-state index contributed by atoms with van der Waals surface area (Å²) in [5.41, 5.74) is 0. The van der Waals surface area contributed by atoms with Gasteiger partial charge in [-0.3, -0.25) is 4.79 Å². The van der Waals surface area contributed by atoms with Crippen LogP contribution >= 0.6 is 0 Å². The van der Waals surface area contributed by atoms with E-state index in [1.807, 2.05) is 6.07 Å². The van der Waals surface area contributed by atoms with Crippen molar-refractivity contribution in [2.75, 3.05) is 13.1 Å². The molecule has 1 aliphatic rings. The van der Waals surface area contributed by atoms with E-state index in [9.17, 15) is 4.79 Å². The molecule has 1 heterocycles. The average molecular weight is 165 g/mol. The number of hydrogen-bond acceptors (Lipinski definition) is 2. The van der Waals surface area contributed by atoms with Crippen molar-refractivity contribution >= 4 is 5.91 Å². The Morgan fingerprint density at radius 3 is 3.08 bits per heavy atom. The molecule has 0 aliphatic carbocycles. The van der Waals surface area contributed by atoms with E-state index in [2.05, 4.69) is 6.92 Å². The maximum absolute atomic E-state index is 11.2. The highest BCUT2D eigenvalue weighted by Crippen LogP contribution is 2.15. The Bertz CT molecular complexity index is 207. The third-order valence-corrected chi connectivity index (χ3v) is 2.10. The minimum atomic E-state index is -0.0501. The van der Waals surface area contributed by atoms with Crippen LogP contribution in [-0.2, 0) is 4.79 Å². The van der Waals surface area contributed by atoms with Crippen LogP contribution < -0.4 is 0 Å². The van der Waals surface area contributed by atoms with Gasteiger partial charge in [0.05, 0.1) is 6.07 Å². The lowest BCUT2D eigenvalue weighted by atomic mass is 10.0. The SMILES string of the molecule is [CH2]C1CCCN(C(=O)CC#N)C1. The van der Waals surface area contributed by atoms with E-state index in [1.165, 1.54) is 0 Å². The van der Waals surface area contributed by atoms with Gasteiger partial charge in [0.15, 0.2) is 0 Å². The molecule has 1 unspecified atom stereocenters. The van der Waals surface area contributed by atoms with E-state index in [-0.39, 0.29) is 12.3 Å². The maximum atomic E-state index is 11.2. The standard InChI is InChI=1S/C9H13N2O/c1-8-3-2-6-11(7-8)9(12)4-5-10/h8H,1-4,6-7H2. The number of nitriles is 1. The molecule has 3 nitrogen and oxygen atoms in total. The molecule has 0 aromatic carbocycles. The molecule has 65 valence electrons. The molecule has 1 saturated heterocycles. The molecule has 12 heavy (non-hydrogen) atoms. The second-order valence-electron chi connectivity index (χ2n) is 3.18. The predicted octanol–water partition coefficient (Wildman–Crippen LogP) is 0.973. The number of likely N-dealkylation sites (tertiary alicyclic amines) is 1. The molecule has 1 aliphatic heterocycles. The van der Waals surface area contributed by atoms with Crippen molar-refractivity contribution in [1.82, 2.24) is 4.90 Å². The number of piperidine rings is 1. The van der Waals surface area contributed by atoms with E-state index < -0.39 is 0 Å². The van der Waals surface area contributed by atoms with Gasteiger partial charge in [-0.1, -0.05) is 0 Å². The number of hydrogen-bond donors (Lipinski definition) is 0. The van der Waals surface area contributed by atoms with Gasteiger partial charge in [-0.05, 0) is 25.7 Å². The van der Waals surface area contributed by atoms with Crippen molar-refractivity contribution in [3.05, 3.63) is 6.92 Å². The van der Waals surface area contributed by atoms with Gasteiger partial charge in [-0.25, -0.2) is 0 Å². The van der Waals surface area contributed by atoms with Gasteiger partial charge in [-0.15, -0.1) is 0 Å². The minimum absolute atomic E-state index is 0.00667. The molecule has 1 radical (unpaired) electrons. The summed E-state index contributed by atoms with van der Waals surface area (Å²) in [6, 6.07) is 1.87. The van der Waals surface area contributed by atoms with E-state index in [1.54, 1.807) is 4.90 Å². The monoisotopic (exact) mass is 165 g/mol. The number of carbonyl (C=O) groups is 1. The summed E-state index contributed by atoms with van der Waals surface area (Å²) in [5, 5.41) is 8.32. The lowest BCUT2D eigenvalue weighted by molar-refractivity contribution is -0.131. The van der Waals surface area contributed by atoms with E-state index >= 15 is 0 Å². The van der Waals surface area contributed by atoms with E-state index in [0.717, 1.165) is 25.9 Å². The highest BCUT2D eigenvalue weighted by molar-refractivity contribution is 5.78. The quantitative estimate of drug-likeness (QED) is 0.581. The van der Waals surface area contributed by atoms with Gasteiger partial charge in [0, 0.05) is 13.1 Å². The smallest absolute Gasteiger partial charge is 0.236 e. The summed E-state index contributed by atoms with van der Waals surface area (Å²) < 4.78 is 0. The second kappa shape index (κ2) is 4.10. The normalized spacial score (nSPS) is 23.3. The topological polar surface area (TPSA) is 44.1 Å². The van der Waals surface area contributed by atoms with Crippen molar-refractivity contribution in [3.63, 3.8) is 0 Å². The first-order valence-electron chi connectivity index (χ1n) is 4.22. The highest BCUT2D eigenvalue weighted by Gasteiger charge is 2.19. The molecule has 1 rings (SSSR count). The molecular formula is C9H13N2O. The fraction of sp³-hybridized carbons (Fsp3) is 0.667. The summed E-state index contributed by atoms with van der Waals surface area (Å²) >= 11 is 0. The van der Waals surface area contributed by atoms with Crippen LogP contribution in [0.2, 0.25) is 0 Å². The molecular weight excluding hydrogens is 152 g/mol. The van der Waals surface area contributed by atoms with E-state index in [0.29, 0.717) is 5.92 Å². The summed E-state index contributed by atoms with van der Waals surface area (Å²) in [7, 11) is 0. The summed E-state index contributed by atoms with van der Waals surface area (Å²) in [5.74, 6) is 0.298. The van der Waals surface area contributed by atoms with Crippen LogP contribution in [0.3, 0.4) is 0 Å². The number of carbonyl (C=O) groups excluding carboxylic acids is 1. The Labute approximate surface area is 73.0 Å². The first kappa shape index (κ1) is 9.05. The Hall–Kier alpha value is -1.04. The molecule has 0 aromatic rings. The van der Waals surface area contributed by atoms with Gasteiger partial charge >= 0.3 is 0 Å². The summed E-state index contributed by atoms with van der Waals surface area (Å²) in [6.07, 6.45) is 2.12. The molecule has 0 saturated carbocycles. The van der Waals surface area contributed by atoms with Crippen molar-refractivity contribution in [1.29, 1.82) is 5.26 Å². The third-order valence-electron chi connectivity index (χ3n) is 2.10. The fourth-order valence-electron chi connectivity index (χ4n) is 1.47. The predicted molar refractivity (Wildman–Crippen MR) is 44.9 cm³/mol. The van der Waals surface area contributed by atoms with Crippen LogP contribution in [0.1, 0.15) is 19.3 Å². The van der Waals surface area contributed by atoms with Crippen molar-refractivity contribution in [3.8, 4) is 6.07 Å².